The molecule has 0 aliphatic heterocycles. The van der Waals surface area contributed by atoms with Gasteiger partial charge in [0.25, 0.3) is 11.6 Å². The molecule has 0 fully saturated rings. The highest BCUT2D eigenvalue weighted by Crippen LogP contribution is 2.26. The van der Waals surface area contributed by atoms with E-state index in [1.807, 2.05) is 30.3 Å². The molecular weight excluding hydrogens is 420 g/mol. The highest BCUT2D eigenvalue weighted by molar-refractivity contribution is 7.14. The number of nitro groups is 1. The molecule has 0 aliphatic carbocycles. The number of aromatic nitrogens is 1. The fourth-order valence-electron chi connectivity index (χ4n) is 2.76. The fraction of sp³-hybridized carbons (Fsp3) is 0.190. The highest BCUT2D eigenvalue weighted by atomic mass is 32.1. The number of hydrogen-bond donors (Lipinski definition) is 2. The smallest absolute Gasteiger partial charge is 0.357 e. The van der Waals surface area contributed by atoms with Crippen LogP contribution in [0, 0.1) is 10.1 Å². The van der Waals surface area contributed by atoms with Gasteiger partial charge in [0.05, 0.1) is 11.5 Å². The number of amides is 1. The number of benzene rings is 2. The fourth-order valence-corrected chi connectivity index (χ4v) is 3.43. The van der Waals surface area contributed by atoms with Gasteiger partial charge in [0.15, 0.2) is 10.8 Å². The Labute approximate surface area is 182 Å². The molecule has 9 nitrogen and oxygen atoms in total. The van der Waals surface area contributed by atoms with E-state index in [0.29, 0.717) is 18.7 Å². The Hall–Kier alpha value is -3.79. The third kappa shape index (κ3) is 5.86. The predicted octanol–water partition coefficient (Wildman–Crippen LogP) is 4.13. The van der Waals surface area contributed by atoms with Crippen molar-refractivity contribution in [2.75, 3.05) is 23.8 Å². The van der Waals surface area contributed by atoms with Gasteiger partial charge < -0.3 is 10.1 Å². The second kappa shape index (κ2) is 10.3. The number of nitrogens with zero attached hydrogens (tertiary/aromatic N) is 2. The summed E-state index contributed by atoms with van der Waals surface area (Å²) < 4.78 is 4.86. The van der Waals surface area contributed by atoms with Gasteiger partial charge in [0.1, 0.15) is 5.69 Å². The molecule has 1 amide bonds. The van der Waals surface area contributed by atoms with Crippen molar-refractivity contribution in [1.82, 2.24) is 4.98 Å². The Kier molecular flexibility index (Phi) is 7.28. The third-order valence-corrected chi connectivity index (χ3v) is 5.00. The summed E-state index contributed by atoms with van der Waals surface area (Å²) in [5.74, 6) is -1.15. The van der Waals surface area contributed by atoms with Crippen molar-refractivity contribution in [2.45, 2.75) is 13.3 Å². The maximum atomic E-state index is 12.5. The number of nitrogens with one attached hydrogen (secondary N) is 2. The first-order valence-corrected chi connectivity index (χ1v) is 10.4. The van der Waals surface area contributed by atoms with E-state index in [2.05, 4.69) is 15.6 Å². The van der Waals surface area contributed by atoms with Gasteiger partial charge in [-0.05, 0) is 31.0 Å². The van der Waals surface area contributed by atoms with E-state index in [1.165, 1.54) is 23.6 Å². The lowest BCUT2D eigenvalue weighted by Gasteiger charge is -2.09. The van der Waals surface area contributed by atoms with Gasteiger partial charge in [0, 0.05) is 23.6 Å². The average Bonchev–Trinajstić information content (AvgIpc) is 3.23. The number of esters is 1. The Morgan fingerprint density at radius 1 is 1.19 bits per heavy atom. The summed E-state index contributed by atoms with van der Waals surface area (Å²) in [5.41, 5.74) is 1.43. The molecule has 0 saturated heterocycles. The quantitative estimate of drug-likeness (QED) is 0.291. The van der Waals surface area contributed by atoms with Crippen LogP contribution < -0.4 is 10.6 Å². The van der Waals surface area contributed by atoms with Crippen molar-refractivity contribution >= 4 is 39.7 Å². The maximum absolute atomic E-state index is 12.5. The zero-order chi connectivity index (χ0) is 22.2. The van der Waals surface area contributed by atoms with E-state index in [0.717, 1.165) is 16.9 Å². The van der Waals surface area contributed by atoms with Crippen molar-refractivity contribution in [2.24, 2.45) is 0 Å². The molecule has 0 saturated carbocycles. The van der Waals surface area contributed by atoms with E-state index in [-0.39, 0.29) is 28.7 Å². The number of rotatable bonds is 9. The Balaban J connectivity index is 1.67. The summed E-state index contributed by atoms with van der Waals surface area (Å²) in [6.45, 7) is 2.40. The molecule has 160 valence electrons. The molecule has 0 spiro atoms. The van der Waals surface area contributed by atoms with Gasteiger partial charge in [-0.15, -0.1) is 11.3 Å². The van der Waals surface area contributed by atoms with Gasteiger partial charge in [-0.1, -0.05) is 30.3 Å². The van der Waals surface area contributed by atoms with Crippen molar-refractivity contribution in [3.05, 3.63) is 80.8 Å². The first kappa shape index (κ1) is 21.9. The molecule has 1 heterocycles. The molecule has 0 unspecified atom stereocenters. The molecule has 1 aromatic heterocycles. The number of carbonyl (C=O) groups excluding carboxylic acids is 2. The van der Waals surface area contributed by atoms with E-state index < -0.39 is 16.8 Å². The molecule has 0 bridgehead atoms. The summed E-state index contributed by atoms with van der Waals surface area (Å²) in [7, 11) is 0. The monoisotopic (exact) mass is 440 g/mol. The largest absolute Gasteiger partial charge is 0.461 e. The number of anilines is 2. The average molecular weight is 440 g/mol. The van der Waals surface area contributed by atoms with Crippen LogP contribution in [-0.2, 0) is 11.2 Å². The van der Waals surface area contributed by atoms with Crippen LogP contribution in [0.4, 0.5) is 16.5 Å². The molecule has 2 N–H and O–H groups in total. The van der Waals surface area contributed by atoms with Crippen molar-refractivity contribution in [1.29, 1.82) is 0 Å². The summed E-state index contributed by atoms with van der Waals surface area (Å²) >= 11 is 1.06. The first-order chi connectivity index (χ1) is 15.0. The molecule has 10 heteroatoms. The first-order valence-electron chi connectivity index (χ1n) is 9.48. The van der Waals surface area contributed by atoms with E-state index >= 15 is 0 Å². The topological polar surface area (TPSA) is 123 Å². The molecule has 0 atom stereocenters. The Bertz CT molecular complexity index is 1080. The number of thiazole rings is 1. The van der Waals surface area contributed by atoms with Gasteiger partial charge in [-0.25, -0.2) is 9.78 Å². The van der Waals surface area contributed by atoms with Crippen LogP contribution in [0.15, 0.2) is 53.9 Å². The van der Waals surface area contributed by atoms with Crippen molar-refractivity contribution < 1.29 is 19.2 Å². The SMILES string of the molecule is CCOC(=O)c1csc(NC(=O)c2ccc(NCCc3ccccc3)c([N+](=O)[O-])c2)n1. The zero-order valence-corrected chi connectivity index (χ0v) is 17.5. The molecular formula is C21H20N4O5S. The summed E-state index contributed by atoms with van der Waals surface area (Å²) in [5, 5.41) is 18.8. The number of ether oxygens (including phenoxy) is 1. The maximum Gasteiger partial charge on any atom is 0.357 e. The van der Waals surface area contributed by atoms with Gasteiger partial charge in [-0.3, -0.25) is 20.2 Å². The van der Waals surface area contributed by atoms with Crippen LogP contribution in [0.2, 0.25) is 0 Å². The summed E-state index contributed by atoms with van der Waals surface area (Å²) in [6.07, 6.45) is 0.701. The molecule has 31 heavy (non-hydrogen) atoms. The van der Waals surface area contributed by atoms with Crippen molar-refractivity contribution in [3.8, 4) is 0 Å². The highest BCUT2D eigenvalue weighted by Gasteiger charge is 2.19. The molecule has 0 aliphatic rings. The van der Waals surface area contributed by atoms with E-state index in [4.69, 9.17) is 4.74 Å². The molecule has 3 rings (SSSR count). The minimum absolute atomic E-state index is 0.0890. The van der Waals surface area contributed by atoms with E-state index in [1.54, 1.807) is 6.92 Å². The molecule has 2 aromatic carbocycles. The Morgan fingerprint density at radius 2 is 1.97 bits per heavy atom. The summed E-state index contributed by atoms with van der Waals surface area (Å²) in [6, 6.07) is 14.0. The number of carbonyl (C=O) groups is 2. The Morgan fingerprint density at radius 3 is 2.68 bits per heavy atom. The van der Waals surface area contributed by atoms with Crippen molar-refractivity contribution in [3.63, 3.8) is 0 Å². The van der Waals surface area contributed by atoms with Crippen LogP contribution >= 0.6 is 11.3 Å². The second-order valence-electron chi connectivity index (χ2n) is 6.36. The van der Waals surface area contributed by atoms with Crippen LogP contribution in [0.5, 0.6) is 0 Å². The third-order valence-electron chi connectivity index (χ3n) is 4.24. The lowest BCUT2D eigenvalue weighted by molar-refractivity contribution is -0.384. The van der Waals surface area contributed by atoms with E-state index in [9.17, 15) is 19.7 Å². The lowest BCUT2D eigenvalue weighted by Crippen LogP contribution is -2.13. The minimum atomic E-state index is -0.583. The van der Waals surface area contributed by atoms with Crippen LogP contribution in [0.1, 0.15) is 33.3 Å². The minimum Gasteiger partial charge on any atom is -0.461 e. The van der Waals surface area contributed by atoms with Crippen LogP contribution in [0.25, 0.3) is 0 Å². The second-order valence-corrected chi connectivity index (χ2v) is 7.22. The van der Waals surface area contributed by atoms with Crippen LogP contribution in [-0.4, -0.2) is 34.9 Å². The zero-order valence-electron chi connectivity index (χ0n) is 16.7. The number of nitro benzene ring substituents is 1. The van der Waals surface area contributed by atoms with Crippen LogP contribution in [0.3, 0.4) is 0 Å². The summed E-state index contributed by atoms with van der Waals surface area (Å²) in [4.78, 5) is 39.1. The standard InChI is InChI=1S/C21H20N4O5S/c1-2-30-20(27)17-13-31-21(23-17)24-19(26)15-8-9-16(18(12-15)25(28)29)22-11-10-14-6-4-3-5-7-14/h3-9,12-13,22H,2,10-11H2,1H3,(H,23,24,26). The molecule has 3 aromatic rings. The van der Waals surface area contributed by atoms with Gasteiger partial charge >= 0.3 is 5.97 Å². The lowest BCUT2D eigenvalue weighted by atomic mass is 10.1. The molecule has 0 radical (unpaired) electrons. The number of hydrogen-bond acceptors (Lipinski definition) is 8. The van der Waals surface area contributed by atoms with Gasteiger partial charge in [0.2, 0.25) is 0 Å². The predicted molar refractivity (Wildman–Crippen MR) is 118 cm³/mol. The normalized spacial score (nSPS) is 10.4. The van der Waals surface area contributed by atoms with Gasteiger partial charge in [-0.2, -0.15) is 0 Å².